The zero-order valence-corrected chi connectivity index (χ0v) is 21.9. The van der Waals surface area contributed by atoms with Crippen LogP contribution in [0.25, 0.3) is 22.3 Å². The van der Waals surface area contributed by atoms with Gasteiger partial charge in [-0.3, -0.25) is 18.2 Å². The SMILES string of the molecule is CO[C@H]1O[C@@H](n2cnc3c(N)ncnc32)C(O)C1OP(=O)(O)OC[C@H]1O[C@@H](n2cnc3c(N)ncnc32)C(F)C1O. The lowest BCUT2D eigenvalue weighted by Crippen LogP contribution is -2.35. The molecule has 2 fully saturated rings. The molecule has 41 heavy (non-hydrogen) atoms. The van der Waals surface area contributed by atoms with Gasteiger partial charge in [-0.05, 0) is 0 Å². The smallest absolute Gasteiger partial charge is 0.387 e. The maximum absolute atomic E-state index is 15.0. The molecule has 4 aromatic heterocycles. The first-order valence-corrected chi connectivity index (χ1v) is 13.4. The third-order valence-electron chi connectivity index (χ3n) is 6.68. The molecule has 2 aliphatic rings. The average Bonchev–Trinajstić information content (AvgIpc) is 3.70. The van der Waals surface area contributed by atoms with E-state index in [-0.39, 0.29) is 34.0 Å². The van der Waals surface area contributed by atoms with Crippen molar-refractivity contribution in [1.29, 1.82) is 0 Å². The van der Waals surface area contributed by atoms with E-state index in [0.29, 0.717) is 0 Å². The normalized spacial score (nSPS) is 31.7. The van der Waals surface area contributed by atoms with Crippen LogP contribution in [0.5, 0.6) is 0 Å². The number of anilines is 2. The Morgan fingerprint density at radius 1 is 0.951 bits per heavy atom. The van der Waals surface area contributed by atoms with Crippen molar-refractivity contribution in [3.05, 3.63) is 25.3 Å². The first kappa shape index (κ1) is 27.7. The van der Waals surface area contributed by atoms with Crippen LogP contribution < -0.4 is 11.5 Å². The number of methoxy groups -OCH3 is 1. The quantitative estimate of drug-likeness (QED) is 0.149. The summed E-state index contributed by atoms with van der Waals surface area (Å²) in [5, 5.41) is 21.3. The van der Waals surface area contributed by atoms with Gasteiger partial charge in [-0.1, -0.05) is 0 Å². The van der Waals surface area contributed by atoms with Crippen molar-refractivity contribution in [3.8, 4) is 0 Å². The van der Waals surface area contributed by atoms with Gasteiger partial charge in [-0.2, -0.15) is 0 Å². The van der Waals surface area contributed by atoms with E-state index in [2.05, 4.69) is 29.9 Å². The lowest BCUT2D eigenvalue weighted by atomic mass is 10.1. The van der Waals surface area contributed by atoms with Crippen LogP contribution >= 0.6 is 7.82 Å². The van der Waals surface area contributed by atoms with E-state index in [4.69, 9.17) is 34.7 Å². The average molecular weight is 598 g/mol. The van der Waals surface area contributed by atoms with Crippen LogP contribution in [0.1, 0.15) is 12.5 Å². The number of hydrogen-bond acceptors (Lipinski definition) is 16. The summed E-state index contributed by atoms with van der Waals surface area (Å²) in [7, 11) is -3.74. The van der Waals surface area contributed by atoms with Gasteiger partial charge in [0.2, 0.25) is 0 Å². The standard InChI is InChI=1S/C20H24FN10O9P/c1-36-20-13(12(33)19(39-20)31-6-29-10-15(23)25-4-27-17(10)31)40-41(34,35)37-2-7-11(32)8(21)18(38-7)30-5-28-9-14(22)24-3-26-16(9)30/h3-8,11-13,18-20,32-33H,2H2,1H3,(H,34,35)(H2,22,24,26)(H2,23,25,27)/t7-,8?,11?,12?,13?,18-,19-,20+/m1/s1. The van der Waals surface area contributed by atoms with E-state index < -0.39 is 63.8 Å². The highest BCUT2D eigenvalue weighted by molar-refractivity contribution is 7.47. The Labute approximate surface area is 228 Å². The molecule has 7 N–H and O–H groups in total. The minimum Gasteiger partial charge on any atom is -0.387 e. The number of alkyl halides is 1. The third kappa shape index (κ3) is 4.78. The number of halogens is 1. The first-order valence-electron chi connectivity index (χ1n) is 11.9. The van der Waals surface area contributed by atoms with Crippen molar-refractivity contribution in [3.63, 3.8) is 0 Å². The highest BCUT2D eigenvalue weighted by Crippen LogP contribution is 2.49. The van der Waals surface area contributed by atoms with Crippen molar-refractivity contribution in [2.24, 2.45) is 0 Å². The number of imidazole rings is 2. The summed E-state index contributed by atoms with van der Waals surface area (Å²) in [6.07, 6.45) is -7.31. The number of rotatable bonds is 8. The molecule has 220 valence electrons. The van der Waals surface area contributed by atoms with Crippen molar-refractivity contribution in [2.45, 2.75) is 49.3 Å². The molecule has 0 spiro atoms. The predicted molar refractivity (Wildman–Crippen MR) is 132 cm³/mol. The van der Waals surface area contributed by atoms with Crippen LogP contribution in [0.15, 0.2) is 25.3 Å². The highest BCUT2D eigenvalue weighted by atomic mass is 31.2. The Bertz CT molecular complexity index is 1620. The van der Waals surface area contributed by atoms with Gasteiger partial charge >= 0.3 is 7.82 Å². The van der Waals surface area contributed by atoms with Crippen molar-refractivity contribution < 1.29 is 47.3 Å². The molecule has 0 saturated carbocycles. The second-order valence-corrected chi connectivity index (χ2v) is 10.5. The van der Waals surface area contributed by atoms with Gasteiger partial charge in [-0.25, -0.2) is 38.9 Å². The number of nitrogens with zero attached hydrogens (tertiary/aromatic N) is 8. The Morgan fingerprint density at radius 3 is 2.12 bits per heavy atom. The molecule has 5 unspecified atom stereocenters. The number of hydrogen-bond donors (Lipinski definition) is 5. The lowest BCUT2D eigenvalue weighted by molar-refractivity contribution is -0.159. The van der Waals surface area contributed by atoms with Crippen molar-refractivity contribution >= 4 is 41.8 Å². The minimum atomic E-state index is -4.97. The number of nitrogen functional groups attached to an aromatic ring is 2. The van der Waals surface area contributed by atoms with E-state index in [9.17, 15) is 19.7 Å². The number of fused-ring (bicyclic) bond motifs is 2. The summed E-state index contributed by atoms with van der Waals surface area (Å²) in [4.78, 5) is 34.3. The maximum atomic E-state index is 15.0. The molecule has 2 aliphatic heterocycles. The molecule has 2 saturated heterocycles. The minimum absolute atomic E-state index is 0.0641. The van der Waals surface area contributed by atoms with Crippen LogP contribution in [0.2, 0.25) is 0 Å². The number of aliphatic hydroxyl groups is 2. The van der Waals surface area contributed by atoms with Gasteiger partial charge in [0.05, 0.1) is 19.3 Å². The summed E-state index contributed by atoms with van der Waals surface area (Å²) in [5.41, 5.74) is 12.4. The largest absolute Gasteiger partial charge is 0.472 e. The summed E-state index contributed by atoms with van der Waals surface area (Å²) in [6.45, 7) is -0.761. The zero-order valence-electron chi connectivity index (χ0n) is 21.0. The molecule has 6 heterocycles. The van der Waals surface area contributed by atoms with Gasteiger partial charge in [0, 0.05) is 7.11 Å². The molecule has 0 aliphatic carbocycles. The molecule has 21 heteroatoms. The second-order valence-electron chi connectivity index (χ2n) is 9.12. The van der Waals surface area contributed by atoms with E-state index >= 15 is 4.39 Å². The Balaban J connectivity index is 1.14. The molecule has 0 bridgehead atoms. The van der Waals surface area contributed by atoms with Crippen LogP contribution in [0, 0.1) is 0 Å². The van der Waals surface area contributed by atoms with Crippen molar-refractivity contribution in [1.82, 2.24) is 39.0 Å². The molecule has 0 radical (unpaired) electrons. The van der Waals surface area contributed by atoms with Gasteiger partial charge in [-0.15, -0.1) is 0 Å². The van der Waals surface area contributed by atoms with E-state index in [0.717, 1.165) is 6.33 Å². The summed E-state index contributed by atoms with van der Waals surface area (Å²) in [5.74, 6) is 0.160. The molecule has 0 amide bonds. The Hall–Kier alpha value is -3.46. The molecule has 6 rings (SSSR count). The fraction of sp³-hybridized carbons (Fsp3) is 0.500. The topological polar surface area (TPSA) is 263 Å². The monoisotopic (exact) mass is 598 g/mol. The number of aliphatic hydroxyl groups excluding tert-OH is 2. The molecule has 9 atom stereocenters. The number of ether oxygens (including phenoxy) is 3. The Morgan fingerprint density at radius 2 is 1.54 bits per heavy atom. The number of phosphoric acid groups is 1. The lowest BCUT2D eigenvalue weighted by Gasteiger charge is -2.23. The van der Waals surface area contributed by atoms with Crippen LogP contribution in [0.3, 0.4) is 0 Å². The van der Waals surface area contributed by atoms with E-state index in [1.54, 1.807) is 0 Å². The van der Waals surface area contributed by atoms with Gasteiger partial charge in [0.1, 0.15) is 42.0 Å². The molecule has 0 aromatic carbocycles. The maximum Gasteiger partial charge on any atom is 0.472 e. The Kier molecular flexibility index (Phi) is 7.04. The van der Waals surface area contributed by atoms with E-state index in [1.807, 2.05) is 0 Å². The van der Waals surface area contributed by atoms with Gasteiger partial charge in [0.15, 0.2) is 54.0 Å². The second kappa shape index (κ2) is 10.4. The fourth-order valence-corrected chi connectivity index (χ4v) is 5.61. The predicted octanol–water partition coefficient (Wildman–Crippen LogP) is -1.21. The van der Waals surface area contributed by atoms with E-state index in [1.165, 1.54) is 35.2 Å². The fourth-order valence-electron chi connectivity index (χ4n) is 4.68. The molecule has 19 nitrogen and oxygen atoms in total. The number of aromatic nitrogens is 8. The highest BCUT2D eigenvalue weighted by Gasteiger charge is 2.51. The summed E-state index contributed by atoms with van der Waals surface area (Å²) in [6, 6.07) is 0. The first-order chi connectivity index (χ1) is 19.6. The summed E-state index contributed by atoms with van der Waals surface area (Å²) >= 11 is 0. The third-order valence-corrected chi connectivity index (χ3v) is 7.66. The van der Waals surface area contributed by atoms with Crippen LogP contribution in [0.4, 0.5) is 16.0 Å². The van der Waals surface area contributed by atoms with Crippen molar-refractivity contribution in [2.75, 3.05) is 25.2 Å². The summed E-state index contributed by atoms with van der Waals surface area (Å²) < 4.78 is 57.1. The molecule has 4 aromatic rings. The zero-order chi connectivity index (χ0) is 29.1. The molecular weight excluding hydrogens is 574 g/mol. The van der Waals surface area contributed by atoms with Crippen LogP contribution in [-0.2, 0) is 27.8 Å². The molecular formula is C20H24FN10O9P. The van der Waals surface area contributed by atoms with Gasteiger partial charge in [0.25, 0.3) is 0 Å². The van der Waals surface area contributed by atoms with Crippen LogP contribution in [-0.4, -0.2) is 105 Å². The number of nitrogens with two attached hydrogens (primary N) is 2. The number of phosphoric ester groups is 1. The van der Waals surface area contributed by atoms with Gasteiger partial charge < -0.3 is 40.8 Å².